The highest BCUT2D eigenvalue weighted by atomic mass is 35.5. The molecule has 0 bridgehead atoms. The minimum absolute atomic E-state index is 0.126. The van der Waals surface area contributed by atoms with Gasteiger partial charge in [-0.15, -0.1) is 22.9 Å². The minimum atomic E-state index is -4.42. The molecule has 20 heavy (non-hydrogen) atoms. The van der Waals surface area contributed by atoms with Crippen LogP contribution in [0.3, 0.4) is 0 Å². The second kappa shape index (κ2) is 5.80. The summed E-state index contributed by atoms with van der Waals surface area (Å²) in [4.78, 5) is 15.8. The molecule has 0 spiro atoms. The van der Waals surface area contributed by atoms with E-state index in [9.17, 15) is 18.0 Å². The van der Waals surface area contributed by atoms with Crippen molar-refractivity contribution in [2.75, 3.05) is 5.32 Å². The lowest BCUT2D eigenvalue weighted by atomic mass is 10.1. The Kier molecular flexibility index (Phi) is 4.29. The summed E-state index contributed by atoms with van der Waals surface area (Å²) >= 11 is 6.78. The van der Waals surface area contributed by atoms with Gasteiger partial charge in [-0.25, -0.2) is 4.98 Å². The molecule has 0 radical (unpaired) electrons. The molecule has 8 heteroatoms. The average molecular weight is 321 g/mol. The molecule has 0 unspecified atom stereocenters. The van der Waals surface area contributed by atoms with Crippen LogP contribution in [0.15, 0.2) is 29.6 Å². The zero-order chi connectivity index (χ0) is 14.8. The average Bonchev–Trinajstić information content (AvgIpc) is 2.85. The molecule has 1 aromatic heterocycles. The lowest BCUT2D eigenvalue weighted by Crippen LogP contribution is -2.12. The molecule has 1 heterocycles. The zero-order valence-corrected chi connectivity index (χ0v) is 11.4. The number of carbonyl (C=O) groups excluding carboxylic acids is 1. The van der Waals surface area contributed by atoms with Crippen molar-refractivity contribution >= 4 is 34.0 Å². The number of amides is 1. The molecule has 2 rings (SSSR count). The maximum atomic E-state index is 12.4. The van der Waals surface area contributed by atoms with Crippen LogP contribution in [-0.2, 0) is 12.1 Å². The molecule has 1 amide bonds. The molecule has 0 saturated heterocycles. The fraction of sp³-hybridized carbons (Fsp3) is 0.167. The Labute approximate surface area is 121 Å². The Hall–Kier alpha value is -1.60. The number of nitrogens with zero attached hydrogens (tertiary/aromatic N) is 1. The van der Waals surface area contributed by atoms with Gasteiger partial charge in [0.1, 0.15) is 0 Å². The number of alkyl halides is 4. The number of anilines is 1. The predicted octanol–water partition coefficient (Wildman–Crippen LogP) is 4.15. The number of thiazole rings is 1. The largest absolute Gasteiger partial charge is 0.416 e. The highest BCUT2D eigenvalue weighted by molar-refractivity contribution is 7.14. The smallest absolute Gasteiger partial charge is 0.298 e. The number of nitrogens with one attached hydrogen (secondary N) is 1. The van der Waals surface area contributed by atoms with Crippen LogP contribution < -0.4 is 5.32 Å². The second-order valence-electron chi connectivity index (χ2n) is 3.81. The quantitative estimate of drug-likeness (QED) is 0.863. The summed E-state index contributed by atoms with van der Waals surface area (Å²) in [5.74, 6) is -0.290. The van der Waals surface area contributed by atoms with Crippen LogP contribution in [0.1, 0.15) is 21.6 Å². The molecule has 0 aliphatic heterocycles. The second-order valence-corrected chi connectivity index (χ2v) is 4.93. The van der Waals surface area contributed by atoms with E-state index in [4.69, 9.17) is 11.6 Å². The molecule has 0 saturated carbocycles. The Bertz CT molecular complexity index is 610. The molecule has 0 aliphatic rings. The standard InChI is InChI=1S/C12H8ClF3N2OS/c13-5-9-6-20-11(17-9)18-10(19)7-1-3-8(4-2-7)12(14,15)16/h1-4,6H,5H2,(H,17,18,19). The van der Waals surface area contributed by atoms with Gasteiger partial charge in [-0.2, -0.15) is 13.2 Å². The molecular weight excluding hydrogens is 313 g/mol. The van der Waals surface area contributed by atoms with Crippen molar-refractivity contribution < 1.29 is 18.0 Å². The number of halogens is 4. The van der Waals surface area contributed by atoms with Gasteiger partial charge in [0.15, 0.2) is 5.13 Å². The van der Waals surface area contributed by atoms with Gasteiger partial charge in [0.2, 0.25) is 0 Å². The Morgan fingerprint density at radius 2 is 1.95 bits per heavy atom. The van der Waals surface area contributed by atoms with Crippen LogP contribution in [0.2, 0.25) is 0 Å². The topological polar surface area (TPSA) is 42.0 Å². The minimum Gasteiger partial charge on any atom is -0.298 e. The summed E-state index contributed by atoms with van der Waals surface area (Å²) in [6.45, 7) is 0. The van der Waals surface area contributed by atoms with Gasteiger partial charge >= 0.3 is 6.18 Å². The van der Waals surface area contributed by atoms with Crippen molar-refractivity contribution in [3.05, 3.63) is 46.5 Å². The van der Waals surface area contributed by atoms with Gasteiger partial charge in [-0.3, -0.25) is 10.1 Å². The third-order valence-corrected chi connectivity index (χ3v) is 3.46. The maximum Gasteiger partial charge on any atom is 0.416 e. The van der Waals surface area contributed by atoms with Gasteiger partial charge in [-0.1, -0.05) is 0 Å². The normalized spacial score (nSPS) is 11.4. The van der Waals surface area contributed by atoms with E-state index in [0.717, 1.165) is 24.3 Å². The van der Waals surface area contributed by atoms with E-state index < -0.39 is 17.6 Å². The third kappa shape index (κ3) is 3.49. The molecule has 106 valence electrons. The number of hydrogen-bond acceptors (Lipinski definition) is 3. The maximum absolute atomic E-state index is 12.4. The SMILES string of the molecule is O=C(Nc1nc(CCl)cs1)c1ccc(C(F)(F)F)cc1. The molecule has 0 atom stereocenters. The number of carbonyl (C=O) groups is 1. The van der Waals surface area contributed by atoms with E-state index in [-0.39, 0.29) is 11.4 Å². The first-order valence-electron chi connectivity index (χ1n) is 5.39. The van der Waals surface area contributed by atoms with Gasteiger partial charge in [0, 0.05) is 10.9 Å². The van der Waals surface area contributed by atoms with Gasteiger partial charge in [0.25, 0.3) is 5.91 Å². The van der Waals surface area contributed by atoms with Crippen molar-refractivity contribution in [3.63, 3.8) is 0 Å². The summed E-state index contributed by atoms with van der Waals surface area (Å²) in [6, 6.07) is 3.96. The Morgan fingerprint density at radius 1 is 1.30 bits per heavy atom. The van der Waals surface area contributed by atoms with E-state index in [1.807, 2.05) is 0 Å². The molecule has 3 nitrogen and oxygen atoms in total. The van der Waals surface area contributed by atoms with Crippen LogP contribution in [0.4, 0.5) is 18.3 Å². The highest BCUT2D eigenvalue weighted by Crippen LogP contribution is 2.29. The van der Waals surface area contributed by atoms with E-state index in [0.29, 0.717) is 10.8 Å². The van der Waals surface area contributed by atoms with E-state index in [1.165, 1.54) is 11.3 Å². The molecule has 1 N–H and O–H groups in total. The van der Waals surface area contributed by atoms with Crippen LogP contribution in [0, 0.1) is 0 Å². The summed E-state index contributed by atoms with van der Waals surface area (Å²) in [7, 11) is 0. The first-order valence-corrected chi connectivity index (χ1v) is 6.80. The zero-order valence-electron chi connectivity index (χ0n) is 9.87. The highest BCUT2D eigenvalue weighted by Gasteiger charge is 2.30. The predicted molar refractivity (Wildman–Crippen MR) is 71.1 cm³/mol. The first-order chi connectivity index (χ1) is 9.40. The molecule has 0 fully saturated rings. The van der Waals surface area contributed by atoms with Crippen LogP contribution in [0.5, 0.6) is 0 Å². The van der Waals surface area contributed by atoms with Crippen LogP contribution in [0.25, 0.3) is 0 Å². The van der Waals surface area contributed by atoms with E-state index in [2.05, 4.69) is 10.3 Å². The summed E-state index contributed by atoms with van der Waals surface area (Å²) in [5, 5.41) is 4.54. The number of rotatable bonds is 3. The Balaban J connectivity index is 2.09. The Morgan fingerprint density at radius 3 is 2.45 bits per heavy atom. The van der Waals surface area contributed by atoms with Crippen LogP contribution >= 0.6 is 22.9 Å². The van der Waals surface area contributed by atoms with Crippen molar-refractivity contribution in [3.8, 4) is 0 Å². The lowest BCUT2D eigenvalue weighted by Gasteiger charge is -2.07. The van der Waals surface area contributed by atoms with E-state index in [1.54, 1.807) is 5.38 Å². The fourth-order valence-corrected chi connectivity index (χ4v) is 2.34. The lowest BCUT2D eigenvalue weighted by molar-refractivity contribution is -0.137. The van der Waals surface area contributed by atoms with Crippen molar-refractivity contribution in [1.82, 2.24) is 4.98 Å². The molecule has 2 aromatic rings. The monoisotopic (exact) mass is 320 g/mol. The van der Waals surface area contributed by atoms with Crippen molar-refractivity contribution in [1.29, 1.82) is 0 Å². The van der Waals surface area contributed by atoms with E-state index >= 15 is 0 Å². The van der Waals surface area contributed by atoms with Crippen LogP contribution in [-0.4, -0.2) is 10.9 Å². The molecule has 1 aromatic carbocycles. The van der Waals surface area contributed by atoms with Crippen molar-refractivity contribution in [2.24, 2.45) is 0 Å². The van der Waals surface area contributed by atoms with Gasteiger partial charge < -0.3 is 0 Å². The number of hydrogen-bond donors (Lipinski definition) is 1. The third-order valence-electron chi connectivity index (χ3n) is 2.38. The fourth-order valence-electron chi connectivity index (χ4n) is 1.41. The molecule has 0 aliphatic carbocycles. The van der Waals surface area contributed by atoms with Gasteiger partial charge in [-0.05, 0) is 24.3 Å². The molecular formula is C12H8ClF3N2OS. The summed E-state index contributed by atoms with van der Waals surface area (Å²) < 4.78 is 37.2. The van der Waals surface area contributed by atoms with Gasteiger partial charge in [0.05, 0.1) is 17.1 Å². The van der Waals surface area contributed by atoms with Crippen molar-refractivity contribution in [2.45, 2.75) is 12.1 Å². The first kappa shape index (κ1) is 14.8. The number of benzene rings is 1. The summed E-state index contributed by atoms with van der Waals surface area (Å²) in [6.07, 6.45) is -4.42. The number of aromatic nitrogens is 1. The summed E-state index contributed by atoms with van der Waals surface area (Å²) in [5.41, 5.74) is -0.0484.